The lowest BCUT2D eigenvalue weighted by Crippen LogP contribution is -2.12. The Hall–Kier alpha value is -1.63. The van der Waals surface area contributed by atoms with Gasteiger partial charge >= 0.3 is 0 Å². The van der Waals surface area contributed by atoms with Crippen LogP contribution in [0.5, 0.6) is 5.88 Å². The molecular formula is C14H13IN2O2. The molecule has 1 aromatic carbocycles. The van der Waals surface area contributed by atoms with Crippen LogP contribution in [-0.4, -0.2) is 17.5 Å². The van der Waals surface area contributed by atoms with Crippen molar-refractivity contribution in [1.82, 2.24) is 4.98 Å². The van der Waals surface area contributed by atoms with Gasteiger partial charge in [-0.25, -0.2) is 4.98 Å². The molecule has 5 heteroatoms. The number of anilines is 1. The van der Waals surface area contributed by atoms with E-state index in [9.17, 15) is 4.79 Å². The molecule has 98 valence electrons. The van der Waals surface area contributed by atoms with Crippen LogP contribution in [0.3, 0.4) is 0 Å². The fourth-order valence-corrected chi connectivity index (χ4v) is 2.06. The van der Waals surface area contributed by atoms with E-state index >= 15 is 0 Å². The molecule has 1 N–H and O–H groups in total. The molecule has 0 aliphatic carbocycles. The zero-order valence-corrected chi connectivity index (χ0v) is 12.5. The van der Waals surface area contributed by atoms with Crippen LogP contribution in [0.2, 0.25) is 0 Å². The second kappa shape index (κ2) is 6.51. The van der Waals surface area contributed by atoms with Gasteiger partial charge in [0.05, 0.1) is 18.5 Å². The lowest BCUT2D eigenvalue weighted by Gasteiger charge is -2.06. The minimum atomic E-state index is -0.149. The average Bonchev–Trinajstić information content (AvgIpc) is 2.41. The van der Waals surface area contributed by atoms with Crippen molar-refractivity contribution >= 4 is 34.2 Å². The molecule has 0 saturated carbocycles. The average molecular weight is 368 g/mol. The van der Waals surface area contributed by atoms with Gasteiger partial charge in [-0.05, 0) is 53.8 Å². The number of ether oxygens (including phenoxy) is 1. The van der Waals surface area contributed by atoms with Crippen molar-refractivity contribution in [3.05, 3.63) is 51.7 Å². The first-order valence-corrected chi connectivity index (χ1v) is 6.92. The Bertz CT molecular complexity index is 570. The molecule has 1 heterocycles. The highest BCUT2D eigenvalue weighted by Gasteiger charge is 2.06. The summed E-state index contributed by atoms with van der Waals surface area (Å²) >= 11 is 2.17. The third-order valence-electron chi connectivity index (χ3n) is 2.37. The van der Waals surface area contributed by atoms with Crippen molar-refractivity contribution in [1.29, 1.82) is 0 Å². The number of nitrogens with one attached hydrogen (secondary N) is 1. The quantitative estimate of drug-likeness (QED) is 0.843. The maximum atomic E-state index is 12.0. The van der Waals surface area contributed by atoms with Crippen LogP contribution < -0.4 is 10.1 Å². The molecule has 0 unspecified atom stereocenters. The number of carbonyl (C=O) groups is 1. The Kier molecular flexibility index (Phi) is 4.73. The molecule has 4 nitrogen and oxygen atoms in total. The summed E-state index contributed by atoms with van der Waals surface area (Å²) in [5.74, 6) is 0.402. The van der Waals surface area contributed by atoms with Crippen LogP contribution in [0.25, 0.3) is 0 Å². The van der Waals surface area contributed by atoms with E-state index in [-0.39, 0.29) is 5.91 Å². The van der Waals surface area contributed by atoms with E-state index in [1.165, 1.54) is 0 Å². The molecule has 0 fully saturated rings. The molecular weight excluding hydrogens is 355 g/mol. The fourth-order valence-electron chi connectivity index (χ4n) is 1.52. The number of rotatable bonds is 4. The number of benzene rings is 1. The minimum Gasteiger partial charge on any atom is -0.478 e. The van der Waals surface area contributed by atoms with Gasteiger partial charge in [0.15, 0.2) is 0 Å². The van der Waals surface area contributed by atoms with Crippen molar-refractivity contribution in [2.75, 3.05) is 11.9 Å². The molecule has 0 spiro atoms. The summed E-state index contributed by atoms with van der Waals surface area (Å²) in [7, 11) is 0. The zero-order chi connectivity index (χ0) is 13.7. The summed E-state index contributed by atoms with van der Waals surface area (Å²) in [6.45, 7) is 2.47. The van der Waals surface area contributed by atoms with Crippen LogP contribution in [0.1, 0.15) is 17.3 Å². The number of hydrogen-bond donors (Lipinski definition) is 1. The smallest absolute Gasteiger partial charge is 0.255 e. The molecule has 0 radical (unpaired) electrons. The highest BCUT2D eigenvalue weighted by Crippen LogP contribution is 2.14. The van der Waals surface area contributed by atoms with Crippen molar-refractivity contribution in [3.8, 4) is 5.88 Å². The van der Waals surface area contributed by atoms with E-state index in [4.69, 9.17) is 4.74 Å². The van der Waals surface area contributed by atoms with E-state index in [0.717, 1.165) is 3.57 Å². The summed E-state index contributed by atoms with van der Waals surface area (Å²) < 4.78 is 6.26. The summed E-state index contributed by atoms with van der Waals surface area (Å²) in [5, 5.41) is 2.79. The van der Waals surface area contributed by atoms with Gasteiger partial charge in [0.25, 0.3) is 5.91 Å². The van der Waals surface area contributed by atoms with Crippen LogP contribution >= 0.6 is 22.6 Å². The van der Waals surface area contributed by atoms with Gasteiger partial charge in [-0.3, -0.25) is 4.79 Å². The first kappa shape index (κ1) is 13.8. The van der Waals surface area contributed by atoms with E-state index in [0.29, 0.717) is 23.7 Å². The Morgan fingerprint density at radius 1 is 1.37 bits per heavy atom. The molecule has 0 bridgehead atoms. The van der Waals surface area contributed by atoms with Gasteiger partial charge in [-0.2, -0.15) is 0 Å². The third-order valence-corrected chi connectivity index (χ3v) is 3.04. The van der Waals surface area contributed by atoms with Crippen LogP contribution in [0, 0.1) is 3.57 Å². The van der Waals surface area contributed by atoms with E-state index < -0.39 is 0 Å². The molecule has 1 aromatic heterocycles. The molecule has 0 saturated heterocycles. The van der Waals surface area contributed by atoms with E-state index in [2.05, 4.69) is 32.9 Å². The van der Waals surface area contributed by atoms with Crippen molar-refractivity contribution in [2.24, 2.45) is 0 Å². The normalized spacial score (nSPS) is 10.0. The second-order valence-corrected chi connectivity index (χ2v) is 5.03. The van der Waals surface area contributed by atoms with Crippen LogP contribution in [0.15, 0.2) is 42.6 Å². The molecule has 0 aliphatic rings. The third kappa shape index (κ3) is 3.92. The van der Waals surface area contributed by atoms with Crippen molar-refractivity contribution in [2.45, 2.75) is 6.92 Å². The number of hydrogen-bond acceptors (Lipinski definition) is 3. The standard InChI is InChI=1S/C14H13IN2O2/c1-2-19-13-7-6-12(9-16-13)17-14(18)10-4-3-5-11(15)8-10/h3-9H,2H2,1H3,(H,17,18). The van der Waals surface area contributed by atoms with Gasteiger partial charge in [0.2, 0.25) is 5.88 Å². The number of amides is 1. The number of carbonyl (C=O) groups excluding carboxylic acids is 1. The highest BCUT2D eigenvalue weighted by atomic mass is 127. The summed E-state index contributed by atoms with van der Waals surface area (Å²) in [6, 6.07) is 10.9. The van der Waals surface area contributed by atoms with Gasteiger partial charge in [0, 0.05) is 15.2 Å². The predicted octanol–water partition coefficient (Wildman–Crippen LogP) is 3.34. The molecule has 0 atom stereocenters. The Morgan fingerprint density at radius 2 is 2.21 bits per heavy atom. The molecule has 1 amide bonds. The lowest BCUT2D eigenvalue weighted by atomic mass is 10.2. The van der Waals surface area contributed by atoms with Gasteiger partial charge in [0.1, 0.15) is 0 Å². The molecule has 0 aliphatic heterocycles. The summed E-state index contributed by atoms with van der Waals surface area (Å²) in [5.41, 5.74) is 1.27. The number of aromatic nitrogens is 1. The Morgan fingerprint density at radius 3 is 2.84 bits per heavy atom. The second-order valence-electron chi connectivity index (χ2n) is 3.78. The fraction of sp³-hybridized carbons (Fsp3) is 0.143. The first-order valence-electron chi connectivity index (χ1n) is 5.85. The number of nitrogens with zero attached hydrogens (tertiary/aromatic N) is 1. The summed E-state index contributed by atoms with van der Waals surface area (Å²) in [4.78, 5) is 16.1. The maximum Gasteiger partial charge on any atom is 0.255 e. The molecule has 19 heavy (non-hydrogen) atoms. The maximum absolute atomic E-state index is 12.0. The lowest BCUT2D eigenvalue weighted by molar-refractivity contribution is 0.102. The summed E-state index contributed by atoms with van der Waals surface area (Å²) in [6.07, 6.45) is 1.58. The van der Waals surface area contributed by atoms with E-state index in [1.54, 1.807) is 24.4 Å². The Labute approximate surface area is 125 Å². The van der Waals surface area contributed by atoms with Gasteiger partial charge in [-0.1, -0.05) is 6.07 Å². The Balaban J connectivity index is 2.06. The number of pyridine rings is 1. The first-order chi connectivity index (χ1) is 9.19. The van der Waals surface area contributed by atoms with Gasteiger partial charge in [-0.15, -0.1) is 0 Å². The zero-order valence-electron chi connectivity index (χ0n) is 10.4. The van der Waals surface area contributed by atoms with E-state index in [1.807, 2.05) is 25.1 Å². The van der Waals surface area contributed by atoms with Crippen LogP contribution in [0.4, 0.5) is 5.69 Å². The molecule has 2 rings (SSSR count). The predicted molar refractivity (Wildman–Crippen MR) is 82.5 cm³/mol. The minimum absolute atomic E-state index is 0.149. The molecule has 2 aromatic rings. The number of halogens is 1. The topological polar surface area (TPSA) is 51.2 Å². The van der Waals surface area contributed by atoms with Crippen LogP contribution in [-0.2, 0) is 0 Å². The highest BCUT2D eigenvalue weighted by molar-refractivity contribution is 14.1. The van der Waals surface area contributed by atoms with Crippen molar-refractivity contribution < 1.29 is 9.53 Å². The van der Waals surface area contributed by atoms with Crippen molar-refractivity contribution in [3.63, 3.8) is 0 Å². The largest absolute Gasteiger partial charge is 0.478 e. The monoisotopic (exact) mass is 368 g/mol. The SMILES string of the molecule is CCOc1ccc(NC(=O)c2cccc(I)c2)cn1. The van der Waals surface area contributed by atoms with Gasteiger partial charge < -0.3 is 10.1 Å².